The van der Waals surface area contributed by atoms with Gasteiger partial charge in [0, 0.05) is 25.4 Å². The molecule has 0 aliphatic carbocycles. The third-order valence-electron chi connectivity index (χ3n) is 2.10. The summed E-state index contributed by atoms with van der Waals surface area (Å²) in [4.78, 5) is 22.6. The van der Waals surface area contributed by atoms with Crippen LogP contribution in [0.1, 0.15) is 22.2 Å². The molecular formula is C10H11N5O3. The lowest BCUT2D eigenvalue weighted by Gasteiger charge is -2.05. The molecule has 2 N–H and O–H groups in total. The van der Waals surface area contributed by atoms with Gasteiger partial charge in [0.2, 0.25) is 5.89 Å². The third kappa shape index (κ3) is 2.78. The molecule has 0 fully saturated rings. The molecule has 94 valence electrons. The minimum Gasteiger partial charge on any atom is -0.476 e. The van der Waals surface area contributed by atoms with E-state index in [1.165, 1.54) is 12.4 Å². The number of hydrogen-bond donors (Lipinski definition) is 2. The van der Waals surface area contributed by atoms with E-state index in [-0.39, 0.29) is 11.5 Å². The summed E-state index contributed by atoms with van der Waals surface area (Å²) in [6.45, 7) is 2.16. The Balaban J connectivity index is 1.96. The van der Waals surface area contributed by atoms with E-state index >= 15 is 0 Å². The summed E-state index contributed by atoms with van der Waals surface area (Å²) in [6, 6.07) is 0. The zero-order valence-electron chi connectivity index (χ0n) is 9.62. The summed E-state index contributed by atoms with van der Waals surface area (Å²) in [5.74, 6) is 0.150. The van der Waals surface area contributed by atoms with Gasteiger partial charge in [0.1, 0.15) is 0 Å². The van der Waals surface area contributed by atoms with Crippen molar-refractivity contribution in [2.45, 2.75) is 13.3 Å². The number of carboxylic acid groups (broad SMARTS) is 1. The van der Waals surface area contributed by atoms with E-state index in [1.807, 2.05) is 0 Å². The van der Waals surface area contributed by atoms with E-state index in [0.717, 1.165) is 0 Å². The minimum atomic E-state index is -1.13. The van der Waals surface area contributed by atoms with Crippen LogP contribution in [0.4, 0.5) is 5.82 Å². The van der Waals surface area contributed by atoms with Gasteiger partial charge in [-0.3, -0.25) is 0 Å². The highest BCUT2D eigenvalue weighted by molar-refractivity contribution is 5.90. The third-order valence-corrected chi connectivity index (χ3v) is 2.10. The smallest absolute Gasteiger partial charge is 0.358 e. The first-order valence-corrected chi connectivity index (χ1v) is 5.24. The second kappa shape index (κ2) is 5.21. The van der Waals surface area contributed by atoms with Crippen molar-refractivity contribution in [3.05, 3.63) is 29.8 Å². The van der Waals surface area contributed by atoms with Crippen molar-refractivity contribution < 1.29 is 14.4 Å². The molecule has 18 heavy (non-hydrogen) atoms. The average molecular weight is 249 g/mol. The van der Waals surface area contributed by atoms with E-state index < -0.39 is 5.97 Å². The number of nitrogens with one attached hydrogen (secondary N) is 1. The molecule has 0 bridgehead atoms. The predicted molar refractivity (Wildman–Crippen MR) is 60.2 cm³/mol. The van der Waals surface area contributed by atoms with Gasteiger partial charge >= 0.3 is 5.97 Å². The first-order valence-electron chi connectivity index (χ1n) is 5.24. The second-order valence-electron chi connectivity index (χ2n) is 3.47. The summed E-state index contributed by atoms with van der Waals surface area (Å²) >= 11 is 0. The fourth-order valence-electron chi connectivity index (χ4n) is 1.35. The monoisotopic (exact) mass is 249 g/mol. The van der Waals surface area contributed by atoms with Gasteiger partial charge < -0.3 is 14.9 Å². The summed E-state index contributed by atoms with van der Waals surface area (Å²) in [6.07, 6.45) is 3.23. The molecule has 2 rings (SSSR count). The van der Waals surface area contributed by atoms with E-state index in [4.69, 9.17) is 9.63 Å². The standard InChI is InChI=1S/C10H11N5O3/c1-6-14-7(18-15-6)2-3-12-9-8(10(16)17)11-4-5-13-9/h4-5H,2-3H2,1H3,(H,12,13)(H,16,17). The molecule has 0 radical (unpaired) electrons. The Morgan fingerprint density at radius 1 is 1.44 bits per heavy atom. The molecule has 0 unspecified atom stereocenters. The summed E-state index contributed by atoms with van der Waals surface area (Å²) < 4.78 is 4.93. The second-order valence-corrected chi connectivity index (χ2v) is 3.47. The van der Waals surface area contributed by atoms with Gasteiger partial charge in [-0.1, -0.05) is 5.16 Å². The van der Waals surface area contributed by atoms with E-state index in [1.54, 1.807) is 6.92 Å². The molecule has 0 saturated heterocycles. The number of nitrogens with zero attached hydrogens (tertiary/aromatic N) is 4. The lowest BCUT2D eigenvalue weighted by atomic mass is 10.3. The Labute approximate surface area is 102 Å². The Morgan fingerprint density at radius 3 is 2.89 bits per heavy atom. The molecule has 0 aliphatic heterocycles. The number of aromatic carboxylic acids is 1. The molecule has 0 spiro atoms. The zero-order chi connectivity index (χ0) is 13.0. The van der Waals surface area contributed by atoms with Crippen LogP contribution < -0.4 is 5.32 Å². The van der Waals surface area contributed by atoms with Gasteiger partial charge in [0.25, 0.3) is 0 Å². The van der Waals surface area contributed by atoms with Crippen LogP contribution in [0.15, 0.2) is 16.9 Å². The van der Waals surface area contributed by atoms with E-state index in [0.29, 0.717) is 24.7 Å². The summed E-state index contributed by atoms with van der Waals surface area (Å²) in [5, 5.41) is 15.4. The van der Waals surface area contributed by atoms with Crippen molar-refractivity contribution in [2.24, 2.45) is 0 Å². The van der Waals surface area contributed by atoms with Gasteiger partial charge in [0.05, 0.1) is 0 Å². The van der Waals surface area contributed by atoms with Gasteiger partial charge in [-0.25, -0.2) is 14.8 Å². The highest BCUT2D eigenvalue weighted by atomic mass is 16.5. The highest BCUT2D eigenvalue weighted by Crippen LogP contribution is 2.08. The molecule has 2 heterocycles. The SMILES string of the molecule is Cc1noc(CCNc2nccnc2C(=O)O)n1. The van der Waals surface area contributed by atoms with Crippen LogP contribution in [0.2, 0.25) is 0 Å². The fraction of sp³-hybridized carbons (Fsp3) is 0.300. The van der Waals surface area contributed by atoms with Crippen LogP contribution in [0, 0.1) is 6.92 Å². The highest BCUT2D eigenvalue weighted by Gasteiger charge is 2.12. The maximum absolute atomic E-state index is 10.9. The number of carboxylic acids is 1. The molecule has 0 aliphatic rings. The van der Waals surface area contributed by atoms with Crippen LogP contribution >= 0.6 is 0 Å². The Bertz CT molecular complexity index is 554. The number of carbonyl (C=O) groups is 1. The molecular weight excluding hydrogens is 238 g/mol. The Morgan fingerprint density at radius 2 is 2.22 bits per heavy atom. The minimum absolute atomic E-state index is 0.112. The predicted octanol–water partition coefficient (Wildman–Crippen LogP) is 0.521. The van der Waals surface area contributed by atoms with Crippen LogP contribution in [-0.4, -0.2) is 37.7 Å². The molecule has 2 aromatic rings. The van der Waals surface area contributed by atoms with Gasteiger partial charge in [-0.15, -0.1) is 0 Å². The van der Waals surface area contributed by atoms with E-state index in [2.05, 4.69) is 25.4 Å². The van der Waals surface area contributed by atoms with Crippen molar-refractivity contribution in [3.63, 3.8) is 0 Å². The average Bonchev–Trinajstić information content (AvgIpc) is 2.75. The fourth-order valence-corrected chi connectivity index (χ4v) is 1.35. The largest absolute Gasteiger partial charge is 0.476 e. The molecule has 0 atom stereocenters. The van der Waals surface area contributed by atoms with Crippen LogP contribution in [0.25, 0.3) is 0 Å². The lowest BCUT2D eigenvalue weighted by molar-refractivity contribution is 0.0691. The van der Waals surface area contributed by atoms with Gasteiger partial charge in [0.15, 0.2) is 17.3 Å². The van der Waals surface area contributed by atoms with Crippen molar-refractivity contribution >= 4 is 11.8 Å². The maximum atomic E-state index is 10.9. The van der Waals surface area contributed by atoms with Gasteiger partial charge in [-0.05, 0) is 6.92 Å². The summed E-state index contributed by atoms with van der Waals surface area (Å²) in [7, 11) is 0. The Kier molecular flexibility index (Phi) is 3.46. The molecule has 0 saturated carbocycles. The number of anilines is 1. The Hall–Kier alpha value is -2.51. The molecule has 2 aromatic heterocycles. The lowest BCUT2D eigenvalue weighted by Crippen LogP contribution is -2.12. The zero-order valence-corrected chi connectivity index (χ0v) is 9.62. The van der Waals surface area contributed by atoms with Crippen molar-refractivity contribution in [3.8, 4) is 0 Å². The number of aromatic nitrogens is 4. The van der Waals surface area contributed by atoms with Crippen LogP contribution in [0.5, 0.6) is 0 Å². The van der Waals surface area contributed by atoms with Crippen molar-refractivity contribution in [1.82, 2.24) is 20.1 Å². The van der Waals surface area contributed by atoms with E-state index in [9.17, 15) is 4.79 Å². The topological polar surface area (TPSA) is 114 Å². The van der Waals surface area contributed by atoms with Crippen LogP contribution in [-0.2, 0) is 6.42 Å². The maximum Gasteiger partial charge on any atom is 0.358 e. The van der Waals surface area contributed by atoms with Gasteiger partial charge in [-0.2, -0.15) is 4.98 Å². The molecule has 8 nitrogen and oxygen atoms in total. The number of hydrogen-bond acceptors (Lipinski definition) is 7. The van der Waals surface area contributed by atoms with Crippen molar-refractivity contribution in [1.29, 1.82) is 0 Å². The first-order chi connectivity index (χ1) is 8.66. The molecule has 8 heteroatoms. The number of aryl methyl sites for hydroxylation is 1. The number of rotatable bonds is 5. The summed E-state index contributed by atoms with van der Waals surface area (Å²) in [5.41, 5.74) is -0.112. The first kappa shape index (κ1) is 12.0. The quantitative estimate of drug-likeness (QED) is 0.788. The molecule has 0 aromatic carbocycles. The molecule has 0 amide bonds. The van der Waals surface area contributed by atoms with Crippen molar-refractivity contribution in [2.75, 3.05) is 11.9 Å². The normalized spacial score (nSPS) is 10.3. The van der Waals surface area contributed by atoms with Crippen LogP contribution in [0.3, 0.4) is 0 Å².